The van der Waals surface area contributed by atoms with Gasteiger partial charge in [-0.05, 0) is 41.6 Å². The summed E-state index contributed by atoms with van der Waals surface area (Å²) < 4.78 is 79.0. The number of hydrogen-bond donors (Lipinski definition) is 3. The highest BCUT2D eigenvalue weighted by Gasteiger charge is 2.50. The molecule has 10 nitrogen and oxygen atoms in total. The number of fused-ring (bicyclic) bond motifs is 4. The SMILES string of the molecule is CCC(=CC1Oc2ccc3ccccc3c2[N+]1(CCS(=O)(=O)O)CCS(=O)(=O)O)C=C1Nc2ccccc2O1. The summed E-state index contributed by atoms with van der Waals surface area (Å²) in [5, 5.41) is 4.81. The molecule has 206 valence electrons. The van der Waals surface area contributed by atoms with E-state index in [1.165, 1.54) is 0 Å². The van der Waals surface area contributed by atoms with Gasteiger partial charge in [-0.25, -0.2) is 4.48 Å². The minimum Gasteiger partial charge on any atom is -0.439 e. The largest absolute Gasteiger partial charge is 0.439 e. The molecule has 1 atom stereocenters. The third-order valence-corrected chi connectivity index (χ3v) is 8.38. The summed E-state index contributed by atoms with van der Waals surface area (Å²) >= 11 is 0. The van der Waals surface area contributed by atoms with Gasteiger partial charge in [-0.1, -0.05) is 43.3 Å². The van der Waals surface area contributed by atoms with Gasteiger partial charge in [-0.2, -0.15) is 16.8 Å². The summed E-state index contributed by atoms with van der Waals surface area (Å²) in [6.07, 6.45) is 3.32. The second kappa shape index (κ2) is 10.3. The lowest BCUT2D eigenvalue weighted by molar-refractivity contribution is 0.116. The molecule has 5 rings (SSSR count). The first kappa shape index (κ1) is 27.2. The maximum atomic E-state index is 11.9. The van der Waals surface area contributed by atoms with Gasteiger partial charge in [0.25, 0.3) is 26.5 Å². The molecule has 3 aromatic carbocycles. The second-order valence-electron chi connectivity index (χ2n) is 9.52. The predicted molar refractivity (Wildman–Crippen MR) is 150 cm³/mol. The van der Waals surface area contributed by atoms with Crippen molar-refractivity contribution in [3.8, 4) is 11.5 Å². The standard InChI is InChI=1S/C27H28N2O8S2/c1-2-19(17-25-28-22-9-5-6-10-23(22)36-25)18-26-29(13-15-38(30,31)32,14-16-39(33,34)35)27-21-8-4-3-7-20(21)11-12-24(27)37-26/h3-12,17-18,26,28H,2,13-16H2,1H3,(H-,30,31,32,33,34,35)/p+1. The molecule has 0 amide bonds. The van der Waals surface area contributed by atoms with Gasteiger partial charge in [0.15, 0.2) is 23.1 Å². The number of para-hydroxylation sites is 2. The first-order chi connectivity index (χ1) is 18.5. The molecule has 0 aromatic heterocycles. The summed E-state index contributed by atoms with van der Waals surface area (Å²) in [5.74, 6) is 0.363. The van der Waals surface area contributed by atoms with Crippen LogP contribution >= 0.6 is 0 Å². The van der Waals surface area contributed by atoms with E-state index in [4.69, 9.17) is 9.47 Å². The Morgan fingerprint density at radius 2 is 1.59 bits per heavy atom. The van der Waals surface area contributed by atoms with Gasteiger partial charge in [-0.15, -0.1) is 0 Å². The molecular formula is C27H29N2O8S2+. The Morgan fingerprint density at radius 1 is 0.923 bits per heavy atom. The van der Waals surface area contributed by atoms with Crippen LogP contribution in [0, 0.1) is 0 Å². The number of benzene rings is 3. The Balaban J connectivity index is 1.64. The van der Waals surface area contributed by atoms with Crippen LogP contribution < -0.4 is 19.3 Å². The van der Waals surface area contributed by atoms with E-state index in [1.54, 1.807) is 6.07 Å². The number of nitrogens with one attached hydrogen (secondary N) is 1. The van der Waals surface area contributed by atoms with Gasteiger partial charge >= 0.3 is 0 Å². The molecule has 3 N–H and O–H groups in total. The highest BCUT2D eigenvalue weighted by molar-refractivity contribution is 7.86. The number of anilines is 1. The highest BCUT2D eigenvalue weighted by atomic mass is 32.2. The van der Waals surface area contributed by atoms with Gasteiger partial charge < -0.3 is 14.8 Å². The lowest BCUT2D eigenvalue weighted by Crippen LogP contribution is -2.59. The molecule has 0 bridgehead atoms. The number of hydrogen-bond acceptors (Lipinski definition) is 7. The number of rotatable bonds is 9. The molecule has 2 heterocycles. The van der Waals surface area contributed by atoms with Crippen molar-refractivity contribution >= 4 is 42.4 Å². The van der Waals surface area contributed by atoms with Gasteiger partial charge in [-0.3, -0.25) is 9.11 Å². The third kappa shape index (κ3) is 5.80. The summed E-state index contributed by atoms with van der Waals surface area (Å²) in [6, 6.07) is 18.6. The summed E-state index contributed by atoms with van der Waals surface area (Å²) in [7, 11) is -8.82. The number of ether oxygens (including phenoxy) is 2. The molecule has 0 saturated carbocycles. The van der Waals surface area contributed by atoms with Crippen molar-refractivity contribution in [2.45, 2.75) is 19.6 Å². The summed E-state index contributed by atoms with van der Waals surface area (Å²) in [5.41, 5.74) is 2.20. The van der Waals surface area contributed by atoms with Crippen LogP contribution in [0.3, 0.4) is 0 Å². The Hall–Kier alpha value is -3.42. The van der Waals surface area contributed by atoms with Gasteiger partial charge in [0, 0.05) is 17.5 Å². The number of nitrogens with zero attached hydrogens (tertiary/aromatic N) is 1. The molecule has 0 spiro atoms. The van der Waals surface area contributed by atoms with Crippen LogP contribution in [0.1, 0.15) is 13.3 Å². The van der Waals surface area contributed by atoms with Crippen molar-refractivity contribution in [2.75, 3.05) is 29.9 Å². The predicted octanol–water partition coefficient (Wildman–Crippen LogP) is 4.32. The van der Waals surface area contributed by atoms with E-state index in [-0.39, 0.29) is 17.6 Å². The van der Waals surface area contributed by atoms with E-state index in [0.717, 1.165) is 22.0 Å². The van der Waals surface area contributed by atoms with Crippen molar-refractivity contribution in [1.82, 2.24) is 4.48 Å². The molecule has 0 fully saturated rings. The molecule has 39 heavy (non-hydrogen) atoms. The first-order valence-corrected chi connectivity index (χ1v) is 15.6. The average molecular weight is 574 g/mol. The quantitative estimate of drug-likeness (QED) is 0.252. The lowest BCUT2D eigenvalue weighted by Gasteiger charge is -2.37. The van der Waals surface area contributed by atoms with E-state index in [9.17, 15) is 25.9 Å². The number of quaternary nitrogens is 1. The van der Waals surface area contributed by atoms with Gasteiger partial charge in [0.1, 0.15) is 24.6 Å². The zero-order chi connectivity index (χ0) is 27.8. The van der Waals surface area contributed by atoms with Crippen LogP contribution in [0.15, 0.2) is 84.3 Å². The van der Waals surface area contributed by atoms with Crippen LogP contribution in [0.5, 0.6) is 11.5 Å². The minimum absolute atomic E-state index is 0.190. The molecule has 3 aromatic rings. The molecule has 12 heteroatoms. The third-order valence-electron chi connectivity index (χ3n) is 6.99. The van der Waals surface area contributed by atoms with Crippen LogP contribution in [0.25, 0.3) is 10.8 Å². The van der Waals surface area contributed by atoms with Crippen LogP contribution in [-0.2, 0) is 20.2 Å². The summed E-state index contributed by atoms with van der Waals surface area (Å²) in [6.45, 7) is 1.56. The van der Waals surface area contributed by atoms with E-state index in [1.807, 2.05) is 73.7 Å². The maximum absolute atomic E-state index is 11.9. The fraction of sp³-hybridized carbons (Fsp3) is 0.259. The zero-order valence-electron chi connectivity index (χ0n) is 21.1. The van der Waals surface area contributed by atoms with Crippen molar-refractivity contribution in [3.63, 3.8) is 0 Å². The fourth-order valence-corrected chi connectivity index (χ4v) is 6.20. The first-order valence-electron chi connectivity index (χ1n) is 12.4. The van der Waals surface area contributed by atoms with Gasteiger partial charge in [0.05, 0.1) is 5.69 Å². The maximum Gasteiger partial charge on any atom is 0.270 e. The van der Waals surface area contributed by atoms with Crippen molar-refractivity contribution in [1.29, 1.82) is 0 Å². The molecule has 2 aliphatic rings. The molecule has 1 unspecified atom stereocenters. The topological polar surface area (TPSA) is 139 Å². The Kier molecular flexibility index (Phi) is 7.16. The van der Waals surface area contributed by atoms with E-state index in [0.29, 0.717) is 29.5 Å². The monoisotopic (exact) mass is 573 g/mol. The molecule has 0 radical (unpaired) electrons. The Morgan fingerprint density at radius 3 is 2.26 bits per heavy atom. The van der Waals surface area contributed by atoms with Crippen molar-refractivity contribution in [3.05, 3.63) is 84.3 Å². The van der Waals surface area contributed by atoms with Crippen LogP contribution in [-0.4, -0.2) is 56.8 Å². The van der Waals surface area contributed by atoms with Crippen LogP contribution in [0.4, 0.5) is 11.4 Å². The van der Waals surface area contributed by atoms with Gasteiger partial charge in [0.2, 0.25) is 0 Å². The molecule has 2 aliphatic heterocycles. The van der Waals surface area contributed by atoms with Crippen LogP contribution in [0.2, 0.25) is 0 Å². The van der Waals surface area contributed by atoms with E-state index < -0.39 is 38.0 Å². The molecule has 0 aliphatic carbocycles. The van der Waals surface area contributed by atoms with Crippen molar-refractivity contribution < 1.29 is 35.4 Å². The number of allylic oxidation sites excluding steroid dienone is 2. The minimum atomic E-state index is -4.41. The van der Waals surface area contributed by atoms with E-state index in [2.05, 4.69) is 5.32 Å². The second-order valence-corrected chi connectivity index (χ2v) is 12.7. The lowest BCUT2D eigenvalue weighted by atomic mass is 10.1. The fourth-order valence-electron chi connectivity index (χ4n) is 5.09. The molecule has 0 saturated heterocycles. The normalized spacial score (nSPS) is 19.3. The molecular weight excluding hydrogens is 544 g/mol. The summed E-state index contributed by atoms with van der Waals surface area (Å²) in [4.78, 5) is 0. The zero-order valence-corrected chi connectivity index (χ0v) is 22.8. The van der Waals surface area contributed by atoms with E-state index >= 15 is 0 Å². The Labute approximate surface area is 227 Å². The smallest absolute Gasteiger partial charge is 0.270 e. The highest BCUT2D eigenvalue weighted by Crippen LogP contribution is 2.48. The van der Waals surface area contributed by atoms with Crippen molar-refractivity contribution in [2.24, 2.45) is 0 Å². The Bertz CT molecular complexity index is 1630. The average Bonchev–Trinajstić information content (AvgIpc) is 3.43.